The van der Waals surface area contributed by atoms with Crippen LogP contribution in [0.25, 0.3) is 0 Å². The van der Waals surface area contributed by atoms with E-state index in [1.807, 2.05) is 43.3 Å². The summed E-state index contributed by atoms with van der Waals surface area (Å²) in [6, 6.07) is 15.9. The summed E-state index contributed by atoms with van der Waals surface area (Å²) in [5.41, 5.74) is 2.85. The van der Waals surface area contributed by atoms with Crippen molar-refractivity contribution in [3.8, 4) is 0 Å². The van der Waals surface area contributed by atoms with Crippen LogP contribution in [-0.4, -0.2) is 5.91 Å². The number of amides is 1. The number of hydrogen-bond acceptors (Lipinski definition) is 1. The van der Waals surface area contributed by atoms with Crippen molar-refractivity contribution in [2.45, 2.75) is 32.7 Å². The molecule has 0 fully saturated rings. The van der Waals surface area contributed by atoms with E-state index in [9.17, 15) is 4.79 Å². The van der Waals surface area contributed by atoms with Crippen molar-refractivity contribution >= 4 is 21.8 Å². The lowest BCUT2D eigenvalue weighted by Gasteiger charge is -2.19. The minimum absolute atomic E-state index is 0.0175. The fraction of sp³-hybridized carbons (Fsp3) is 0.278. The number of halogens is 1. The van der Waals surface area contributed by atoms with Crippen LogP contribution in [0.3, 0.4) is 0 Å². The van der Waals surface area contributed by atoms with E-state index in [2.05, 4.69) is 40.3 Å². The minimum Gasteiger partial charge on any atom is -0.345 e. The smallest absolute Gasteiger partial charge is 0.252 e. The van der Waals surface area contributed by atoms with E-state index in [0.29, 0.717) is 0 Å². The predicted octanol–water partition coefficient (Wildman–Crippen LogP) is 5.03. The topological polar surface area (TPSA) is 29.1 Å². The van der Waals surface area contributed by atoms with Crippen molar-refractivity contribution in [1.29, 1.82) is 0 Å². The first-order chi connectivity index (χ1) is 10.1. The zero-order chi connectivity index (χ0) is 15.2. The van der Waals surface area contributed by atoms with E-state index in [0.717, 1.165) is 34.0 Å². The molecule has 1 atom stereocenters. The lowest BCUT2D eigenvalue weighted by atomic mass is 10.0. The largest absolute Gasteiger partial charge is 0.345 e. The average Bonchev–Trinajstić information content (AvgIpc) is 2.50. The van der Waals surface area contributed by atoms with Crippen LogP contribution < -0.4 is 5.32 Å². The van der Waals surface area contributed by atoms with E-state index >= 15 is 0 Å². The molecule has 0 bridgehead atoms. The van der Waals surface area contributed by atoms with E-state index in [-0.39, 0.29) is 11.9 Å². The number of nitrogens with one attached hydrogen (secondary N) is 1. The first kappa shape index (κ1) is 15.8. The van der Waals surface area contributed by atoms with Crippen LogP contribution in [0, 0.1) is 6.92 Å². The van der Waals surface area contributed by atoms with Crippen LogP contribution in [0.4, 0.5) is 0 Å². The Bertz CT molecular complexity index is 610. The van der Waals surface area contributed by atoms with Crippen LogP contribution in [0.15, 0.2) is 53.0 Å². The maximum Gasteiger partial charge on any atom is 0.252 e. The van der Waals surface area contributed by atoms with Gasteiger partial charge in [-0.3, -0.25) is 4.79 Å². The molecular weight excluding hydrogens is 326 g/mol. The minimum atomic E-state index is -0.0175. The zero-order valence-corrected chi connectivity index (χ0v) is 14.0. The summed E-state index contributed by atoms with van der Waals surface area (Å²) < 4.78 is 0.960. The van der Waals surface area contributed by atoms with E-state index in [1.54, 1.807) is 0 Å². The second-order valence-corrected chi connectivity index (χ2v) is 5.99. The Morgan fingerprint density at radius 1 is 1.14 bits per heavy atom. The van der Waals surface area contributed by atoms with Crippen molar-refractivity contribution in [3.63, 3.8) is 0 Å². The molecule has 2 rings (SSSR count). The first-order valence-corrected chi connectivity index (χ1v) is 8.03. The van der Waals surface area contributed by atoms with Gasteiger partial charge in [0.15, 0.2) is 0 Å². The van der Waals surface area contributed by atoms with Crippen LogP contribution in [0.1, 0.15) is 47.3 Å². The highest BCUT2D eigenvalue weighted by Gasteiger charge is 2.16. The maximum absolute atomic E-state index is 12.5. The fourth-order valence-electron chi connectivity index (χ4n) is 2.39. The van der Waals surface area contributed by atoms with Crippen molar-refractivity contribution in [2.24, 2.45) is 0 Å². The van der Waals surface area contributed by atoms with Crippen LogP contribution in [0.5, 0.6) is 0 Å². The highest BCUT2D eigenvalue weighted by Crippen LogP contribution is 2.22. The molecule has 1 amide bonds. The third-order valence-electron chi connectivity index (χ3n) is 3.60. The van der Waals surface area contributed by atoms with Gasteiger partial charge < -0.3 is 5.32 Å². The molecule has 0 heterocycles. The van der Waals surface area contributed by atoms with E-state index < -0.39 is 0 Å². The quantitative estimate of drug-likeness (QED) is 0.808. The van der Waals surface area contributed by atoms with E-state index in [1.165, 1.54) is 0 Å². The molecule has 3 heteroatoms. The second kappa shape index (κ2) is 7.41. The first-order valence-electron chi connectivity index (χ1n) is 7.24. The SMILES string of the molecule is CCCC(NC(=O)c1cccc(Br)c1C)c1ccccc1. The van der Waals surface area contributed by atoms with Gasteiger partial charge in [-0.15, -0.1) is 0 Å². The number of benzene rings is 2. The number of rotatable bonds is 5. The Morgan fingerprint density at radius 3 is 2.52 bits per heavy atom. The molecule has 0 aromatic heterocycles. The molecule has 1 unspecified atom stereocenters. The molecule has 110 valence electrons. The normalized spacial score (nSPS) is 12.0. The van der Waals surface area contributed by atoms with Crippen LogP contribution in [0.2, 0.25) is 0 Å². The Hall–Kier alpha value is -1.61. The fourth-order valence-corrected chi connectivity index (χ4v) is 2.75. The summed E-state index contributed by atoms with van der Waals surface area (Å²) in [5, 5.41) is 3.16. The summed E-state index contributed by atoms with van der Waals surface area (Å²) in [7, 11) is 0. The second-order valence-electron chi connectivity index (χ2n) is 5.14. The Labute approximate surface area is 134 Å². The van der Waals surface area contributed by atoms with Gasteiger partial charge >= 0.3 is 0 Å². The molecular formula is C18H20BrNO. The molecule has 0 saturated heterocycles. The van der Waals surface area contributed by atoms with Gasteiger partial charge in [-0.2, -0.15) is 0 Å². The third-order valence-corrected chi connectivity index (χ3v) is 4.46. The van der Waals surface area contributed by atoms with Gasteiger partial charge in [-0.05, 0) is 36.6 Å². The lowest BCUT2D eigenvalue weighted by molar-refractivity contribution is 0.0934. The Balaban J connectivity index is 2.21. The van der Waals surface area contributed by atoms with Crippen LogP contribution in [-0.2, 0) is 0 Å². The summed E-state index contributed by atoms with van der Waals surface area (Å²) in [5.74, 6) is -0.0175. The van der Waals surface area contributed by atoms with Gasteiger partial charge in [0.1, 0.15) is 0 Å². The Morgan fingerprint density at radius 2 is 1.86 bits per heavy atom. The highest BCUT2D eigenvalue weighted by molar-refractivity contribution is 9.10. The molecule has 2 aromatic rings. The lowest BCUT2D eigenvalue weighted by Crippen LogP contribution is -2.29. The summed E-state index contributed by atoms with van der Waals surface area (Å²) in [4.78, 5) is 12.5. The standard InChI is InChI=1S/C18H20BrNO/c1-3-8-17(14-9-5-4-6-10-14)20-18(21)15-11-7-12-16(19)13(15)2/h4-7,9-12,17H,3,8H2,1-2H3,(H,20,21). The highest BCUT2D eigenvalue weighted by atomic mass is 79.9. The summed E-state index contributed by atoms with van der Waals surface area (Å²) in [6.45, 7) is 4.09. The predicted molar refractivity (Wildman–Crippen MR) is 90.4 cm³/mol. The van der Waals surface area contributed by atoms with Crippen LogP contribution >= 0.6 is 15.9 Å². The Kier molecular flexibility index (Phi) is 5.57. The zero-order valence-electron chi connectivity index (χ0n) is 12.4. The molecule has 2 aromatic carbocycles. The number of carbonyl (C=O) groups is 1. The van der Waals surface area contributed by atoms with Gasteiger partial charge in [0.05, 0.1) is 6.04 Å². The van der Waals surface area contributed by atoms with Gasteiger partial charge in [0, 0.05) is 10.0 Å². The monoisotopic (exact) mass is 345 g/mol. The average molecular weight is 346 g/mol. The van der Waals surface area contributed by atoms with Crippen molar-refractivity contribution in [3.05, 3.63) is 69.7 Å². The van der Waals surface area contributed by atoms with Gasteiger partial charge in [0.2, 0.25) is 0 Å². The molecule has 2 nitrogen and oxygen atoms in total. The maximum atomic E-state index is 12.5. The van der Waals surface area contributed by atoms with Gasteiger partial charge in [-0.25, -0.2) is 0 Å². The molecule has 0 spiro atoms. The molecule has 0 saturated carbocycles. The molecule has 0 radical (unpaired) electrons. The number of carbonyl (C=O) groups excluding carboxylic acids is 1. The van der Waals surface area contributed by atoms with Crippen molar-refractivity contribution in [2.75, 3.05) is 0 Å². The molecule has 1 N–H and O–H groups in total. The van der Waals surface area contributed by atoms with Gasteiger partial charge in [-0.1, -0.05) is 65.7 Å². The molecule has 0 aliphatic heterocycles. The third kappa shape index (κ3) is 3.94. The molecule has 0 aliphatic carbocycles. The van der Waals surface area contributed by atoms with E-state index in [4.69, 9.17) is 0 Å². The van der Waals surface area contributed by atoms with Crippen molar-refractivity contribution in [1.82, 2.24) is 5.32 Å². The summed E-state index contributed by atoms with van der Waals surface area (Å²) >= 11 is 3.48. The summed E-state index contributed by atoms with van der Waals surface area (Å²) in [6.07, 6.45) is 1.96. The molecule has 21 heavy (non-hydrogen) atoms. The van der Waals surface area contributed by atoms with Gasteiger partial charge in [0.25, 0.3) is 5.91 Å². The number of hydrogen-bond donors (Lipinski definition) is 1. The van der Waals surface area contributed by atoms with Crippen molar-refractivity contribution < 1.29 is 4.79 Å². The molecule has 0 aliphatic rings.